The quantitative estimate of drug-likeness (QED) is 0.835. The van der Waals surface area contributed by atoms with Gasteiger partial charge >= 0.3 is 0 Å². The molecule has 1 nitrogen and oxygen atoms in total. The van der Waals surface area contributed by atoms with E-state index in [1.54, 1.807) is 0 Å². The molecule has 15 heavy (non-hydrogen) atoms. The number of nitrogens with two attached hydrogens (primary N) is 1. The van der Waals surface area contributed by atoms with E-state index in [-0.39, 0.29) is 18.4 Å². The summed E-state index contributed by atoms with van der Waals surface area (Å²) in [6, 6.07) is 6.32. The largest absolute Gasteiger partial charge is 0.324 e. The van der Waals surface area contributed by atoms with Crippen LogP contribution in [0.4, 0.5) is 0 Å². The van der Waals surface area contributed by atoms with Gasteiger partial charge in [-0.3, -0.25) is 0 Å². The first-order valence-corrected chi connectivity index (χ1v) is 6.30. The van der Waals surface area contributed by atoms with E-state index in [1.807, 2.05) is 6.07 Å². The van der Waals surface area contributed by atoms with E-state index in [4.69, 9.17) is 5.73 Å². The molecular weight excluding hydrogens is 341 g/mol. The Morgan fingerprint density at radius 2 is 1.80 bits per heavy atom. The maximum Gasteiger partial charge on any atom is 0.0320 e. The zero-order valence-electron chi connectivity index (χ0n) is 8.84. The minimum atomic E-state index is 0. The smallest absolute Gasteiger partial charge is 0.0320 e. The van der Waals surface area contributed by atoms with Gasteiger partial charge in [-0.1, -0.05) is 19.9 Å². The molecular formula is C11H16Br2ClN. The van der Waals surface area contributed by atoms with Crippen LogP contribution in [0.5, 0.6) is 0 Å². The Bertz CT molecular complexity index is 315. The van der Waals surface area contributed by atoms with Crippen LogP contribution in [0.2, 0.25) is 0 Å². The van der Waals surface area contributed by atoms with Crippen LogP contribution >= 0.6 is 44.3 Å². The van der Waals surface area contributed by atoms with E-state index in [2.05, 4.69) is 57.8 Å². The molecule has 0 saturated heterocycles. The van der Waals surface area contributed by atoms with Crippen molar-refractivity contribution in [2.75, 3.05) is 0 Å². The summed E-state index contributed by atoms with van der Waals surface area (Å²) in [5.41, 5.74) is 7.27. The third-order valence-corrected chi connectivity index (χ3v) is 3.98. The van der Waals surface area contributed by atoms with Gasteiger partial charge in [-0.05, 0) is 61.9 Å². The molecule has 2 N–H and O–H groups in total. The summed E-state index contributed by atoms with van der Waals surface area (Å²) in [4.78, 5) is 0. The van der Waals surface area contributed by atoms with Crippen molar-refractivity contribution in [3.63, 3.8) is 0 Å². The number of halogens is 3. The SMILES string of the molecule is CC(C)C[C@H](N)c1ccc(Br)c(Br)c1.Cl. The molecule has 0 aromatic heterocycles. The van der Waals surface area contributed by atoms with Gasteiger partial charge in [0.2, 0.25) is 0 Å². The molecule has 1 atom stereocenters. The van der Waals surface area contributed by atoms with E-state index in [0.29, 0.717) is 5.92 Å². The highest BCUT2D eigenvalue weighted by Gasteiger charge is 2.09. The maximum atomic E-state index is 6.08. The van der Waals surface area contributed by atoms with Crippen LogP contribution < -0.4 is 5.73 Å². The summed E-state index contributed by atoms with van der Waals surface area (Å²) in [5.74, 6) is 0.632. The van der Waals surface area contributed by atoms with Crippen LogP contribution in [0.3, 0.4) is 0 Å². The fourth-order valence-corrected chi connectivity index (χ4v) is 2.03. The average Bonchev–Trinajstić information content (AvgIpc) is 2.08. The lowest BCUT2D eigenvalue weighted by Gasteiger charge is -2.15. The van der Waals surface area contributed by atoms with Crippen molar-refractivity contribution in [3.8, 4) is 0 Å². The molecule has 86 valence electrons. The van der Waals surface area contributed by atoms with Gasteiger partial charge in [0.15, 0.2) is 0 Å². The van der Waals surface area contributed by atoms with Crippen LogP contribution in [0.15, 0.2) is 27.1 Å². The lowest BCUT2D eigenvalue weighted by molar-refractivity contribution is 0.510. The zero-order chi connectivity index (χ0) is 10.7. The minimum Gasteiger partial charge on any atom is -0.324 e. The first-order valence-electron chi connectivity index (χ1n) is 4.71. The molecule has 1 aromatic carbocycles. The van der Waals surface area contributed by atoms with Crippen LogP contribution in [-0.4, -0.2) is 0 Å². The summed E-state index contributed by atoms with van der Waals surface area (Å²) in [6.45, 7) is 4.38. The van der Waals surface area contributed by atoms with E-state index < -0.39 is 0 Å². The third kappa shape index (κ3) is 4.85. The van der Waals surface area contributed by atoms with Gasteiger partial charge in [-0.25, -0.2) is 0 Å². The Kier molecular flexibility index (Phi) is 7.09. The maximum absolute atomic E-state index is 6.08. The standard InChI is InChI=1S/C11H15Br2N.ClH/c1-7(2)5-11(14)8-3-4-9(12)10(13)6-8;/h3-4,6-7,11H,5,14H2,1-2H3;1H/t11-;/m0./s1. The van der Waals surface area contributed by atoms with Crippen molar-refractivity contribution in [1.29, 1.82) is 0 Å². The van der Waals surface area contributed by atoms with Gasteiger partial charge in [0.05, 0.1) is 0 Å². The van der Waals surface area contributed by atoms with Crippen LogP contribution in [0.25, 0.3) is 0 Å². The topological polar surface area (TPSA) is 26.0 Å². The van der Waals surface area contributed by atoms with Gasteiger partial charge in [0.1, 0.15) is 0 Å². The van der Waals surface area contributed by atoms with Gasteiger partial charge in [-0.15, -0.1) is 12.4 Å². The first-order chi connectivity index (χ1) is 6.50. The monoisotopic (exact) mass is 355 g/mol. The number of benzene rings is 1. The van der Waals surface area contributed by atoms with Gasteiger partial charge < -0.3 is 5.73 Å². The minimum absolute atomic E-state index is 0. The van der Waals surface area contributed by atoms with E-state index >= 15 is 0 Å². The molecule has 0 bridgehead atoms. The van der Waals surface area contributed by atoms with E-state index in [0.717, 1.165) is 15.4 Å². The van der Waals surface area contributed by atoms with Gasteiger partial charge in [-0.2, -0.15) is 0 Å². The van der Waals surface area contributed by atoms with Crippen molar-refractivity contribution < 1.29 is 0 Å². The Morgan fingerprint density at radius 3 is 2.27 bits per heavy atom. The summed E-state index contributed by atoms with van der Waals surface area (Å²) in [5, 5.41) is 0. The Balaban J connectivity index is 0.00000196. The summed E-state index contributed by atoms with van der Waals surface area (Å²) in [6.07, 6.45) is 1.02. The Labute approximate surface area is 114 Å². The lowest BCUT2D eigenvalue weighted by atomic mass is 9.98. The molecule has 4 heteroatoms. The molecule has 0 aliphatic heterocycles. The second-order valence-electron chi connectivity index (χ2n) is 3.91. The van der Waals surface area contributed by atoms with Crippen molar-refractivity contribution in [2.45, 2.75) is 26.3 Å². The molecule has 0 heterocycles. The van der Waals surface area contributed by atoms with Crippen LogP contribution in [0, 0.1) is 5.92 Å². The average molecular weight is 358 g/mol. The zero-order valence-corrected chi connectivity index (χ0v) is 12.8. The molecule has 1 aromatic rings. The van der Waals surface area contributed by atoms with Crippen molar-refractivity contribution in [3.05, 3.63) is 32.7 Å². The van der Waals surface area contributed by atoms with Crippen LogP contribution in [0.1, 0.15) is 31.9 Å². The molecule has 0 radical (unpaired) electrons. The predicted octanol–water partition coefficient (Wildman–Crippen LogP) is 4.68. The van der Waals surface area contributed by atoms with Crippen LogP contribution in [-0.2, 0) is 0 Å². The molecule has 0 saturated carbocycles. The van der Waals surface area contributed by atoms with Gasteiger partial charge in [0, 0.05) is 15.0 Å². The molecule has 0 fully saturated rings. The second-order valence-corrected chi connectivity index (χ2v) is 5.62. The Morgan fingerprint density at radius 1 is 1.20 bits per heavy atom. The number of hydrogen-bond acceptors (Lipinski definition) is 1. The van der Waals surface area contributed by atoms with Crippen molar-refractivity contribution in [2.24, 2.45) is 11.7 Å². The fraction of sp³-hybridized carbons (Fsp3) is 0.455. The van der Waals surface area contributed by atoms with Crippen molar-refractivity contribution >= 4 is 44.3 Å². The Hall–Kier alpha value is 0.430. The fourth-order valence-electron chi connectivity index (χ4n) is 1.39. The first kappa shape index (κ1) is 15.4. The van der Waals surface area contributed by atoms with Gasteiger partial charge in [0.25, 0.3) is 0 Å². The molecule has 0 spiro atoms. The highest BCUT2D eigenvalue weighted by atomic mass is 79.9. The second kappa shape index (κ2) is 6.89. The summed E-state index contributed by atoms with van der Waals surface area (Å²) >= 11 is 6.92. The molecule has 1 rings (SSSR count). The van der Waals surface area contributed by atoms with Crippen molar-refractivity contribution in [1.82, 2.24) is 0 Å². The number of rotatable bonds is 3. The summed E-state index contributed by atoms with van der Waals surface area (Å²) < 4.78 is 2.13. The molecule has 0 aliphatic rings. The predicted molar refractivity (Wildman–Crippen MR) is 75.5 cm³/mol. The lowest BCUT2D eigenvalue weighted by Crippen LogP contribution is -2.12. The van der Waals surface area contributed by atoms with E-state index in [1.165, 1.54) is 5.56 Å². The normalized spacial score (nSPS) is 12.4. The third-order valence-electron chi connectivity index (χ3n) is 2.10. The highest BCUT2D eigenvalue weighted by Crippen LogP contribution is 2.27. The van der Waals surface area contributed by atoms with E-state index in [9.17, 15) is 0 Å². The molecule has 0 amide bonds. The summed E-state index contributed by atoms with van der Waals surface area (Å²) in [7, 11) is 0. The highest BCUT2D eigenvalue weighted by molar-refractivity contribution is 9.13. The number of hydrogen-bond donors (Lipinski definition) is 1. The molecule has 0 aliphatic carbocycles. The molecule has 0 unspecified atom stereocenters.